The van der Waals surface area contributed by atoms with Crippen molar-refractivity contribution in [2.45, 2.75) is 17.9 Å². The Bertz CT molecular complexity index is 1100. The van der Waals surface area contributed by atoms with Crippen LogP contribution in [-0.2, 0) is 17.9 Å². The zero-order valence-electron chi connectivity index (χ0n) is 18.2. The van der Waals surface area contributed by atoms with Crippen LogP contribution in [0.1, 0.15) is 16.8 Å². The van der Waals surface area contributed by atoms with E-state index in [1.165, 1.54) is 16.9 Å². The maximum absolute atomic E-state index is 12.3. The first-order valence-electron chi connectivity index (χ1n) is 10.2. The fraction of sp³-hybridized carbons (Fsp3) is 0.333. The Balaban J connectivity index is 1.33. The minimum atomic E-state index is -0.0973. The average molecular weight is 506 g/mol. The van der Waals surface area contributed by atoms with Gasteiger partial charge >= 0.3 is 0 Å². The number of H-pyrrole nitrogens is 1. The first-order valence-corrected chi connectivity index (χ1v) is 13.4. The monoisotopic (exact) mass is 505 g/mol. The molecule has 0 fully saturated rings. The fourth-order valence-corrected chi connectivity index (χ4v) is 5.22. The van der Waals surface area contributed by atoms with Crippen molar-refractivity contribution in [1.82, 2.24) is 15.0 Å². The molecule has 3 rings (SSSR count). The first-order chi connectivity index (χ1) is 16.0. The molecule has 0 saturated carbocycles. The molecule has 0 spiro atoms. The topological polar surface area (TPSA) is 144 Å². The van der Waals surface area contributed by atoms with Gasteiger partial charge in [-0.3, -0.25) is 9.78 Å². The van der Waals surface area contributed by atoms with Gasteiger partial charge in [-0.1, -0.05) is 12.1 Å². The molecular weight excluding hydrogens is 478 g/mol. The summed E-state index contributed by atoms with van der Waals surface area (Å²) in [5.74, 6) is 4.68. The van der Waals surface area contributed by atoms with E-state index in [9.17, 15) is 4.79 Å². The predicted octanol–water partition coefficient (Wildman–Crippen LogP) is 2.96. The summed E-state index contributed by atoms with van der Waals surface area (Å²) in [5, 5.41) is 5.65. The number of aryl methyl sites for hydroxylation is 1. The van der Waals surface area contributed by atoms with Gasteiger partial charge in [0.05, 0.1) is 12.8 Å². The zero-order valence-corrected chi connectivity index (χ0v) is 20.7. The van der Waals surface area contributed by atoms with E-state index >= 15 is 0 Å². The molecule has 0 bridgehead atoms. The molecule has 0 aliphatic rings. The van der Waals surface area contributed by atoms with Crippen LogP contribution in [-0.4, -0.2) is 46.1 Å². The van der Waals surface area contributed by atoms with E-state index in [1.807, 2.05) is 17.5 Å². The Labute approximate surface area is 204 Å². The zero-order chi connectivity index (χ0) is 23.5. The highest BCUT2D eigenvalue weighted by Gasteiger charge is 2.05. The number of nitrogens with two attached hydrogens (primary N) is 2. The van der Waals surface area contributed by atoms with Gasteiger partial charge in [0.25, 0.3) is 5.56 Å². The molecule has 1 aromatic carbocycles. The predicted molar refractivity (Wildman–Crippen MR) is 140 cm³/mol. The molecule has 0 radical (unpaired) electrons. The first kappa shape index (κ1) is 24.9. The molecule has 12 heteroatoms. The summed E-state index contributed by atoms with van der Waals surface area (Å²) in [6.07, 6.45) is 2.33. The van der Waals surface area contributed by atoms with Crippen molar-refractivity contribution in [3.05, 3.63) is 63.0 Å². The highest BCUT2D eigenvalue weighted by molar-refractivity contribution is 7.98. The van der Waals surface area contributed by atoms with Gasteiger partial charge in [-0.25, -0.2) is 9.97 Å². The number of methoxy groups -OCH3 is 1. The van der Waals surface area contributed by atoms with Crippen molar-refractivity contribution in [3.8, 4) is 5.75 Å². The van der Waals surface area contributed by atoms with Crippen LogP contribution in [0.15, 0.2) is 45.6 Å². The lowest BCUT2D eigenvalue weighted by atomic mass is 10.2. The Morgan fingerprint density at radius 3 is 2.73 bits per heavy atom. The number of anilines is 1. The van der Waals surface area contributed by atoms with Gasteiger partial charge in [-0.2, -0.15) is 28.5 Å². The Kier molecular flexibility index (Phi) is 9.91. The summed E-state index contributed by atoms with van der Waals surface area (Å²) in [6, 6.07) is 8.02. The van der Waals surface area contributed by atoms with Crippen molar-refractivity contribution in [2.75, 3.05) is 30.5 Å². The standard InChI is InChI=1S/C21H27N7O2S3/c1-30-17-4-2-14(3-5-17)11-31-8-6-15-10-25-20(27-18(15)29)24-7-9-32-12-16-13-33-21(26-16)28-19(22)23/h2-5,10,13H,6-9,11-12H2,1H3,(H4,22,23,26,28)(H2,24,25,27,29). The molecule has 0 saturated heterocycles. The number of hydrogen-bond donors (Lipinski definition) is 4. The fourth-order valence-electron chi connectivity index (χ4n) is 2.73. The summed E-state index contributed by atoms with van der Waals surface area (Å²) >= 11 is 4.91. The van der Waals surface area contributed by atoms with E-state index < -0.39 is 0 Å². The summed E-state index contributed by atoms with van der Waals surface area (Å²) in [7, 11) is 1.66. The number of hydrogen-bond acceptors (Lipinski definition) is 9. The number of ether oxygens (including phenoxy) is 1. The molecule has 33 heavy (non-hydrogen) atoms. The van der Waals surface area contributed by atoms with Crippen LogP contribution in [0.3, 0.4) is 0 Å². The molecular formula is C21H27N7O2S3. The molecule has 2 aromatic heterocycles. The second-order valence-electron chi connectivity index (χ2n) is 6.87. The second kappa shape index (κ2) is 13.1. The van der Waals surface area contributed by atoms with Crippen LogP contribution >= 0.6 is 34.9 Å². The SMILES string of the molecule is COc1ccc(CSCCc2cnc(NCCSCc3csc(N=C(N)N)n3)[nH]c2=O)cc1. The third-order valence-corrected chi connectivity index (χ3v) is 7.18. The summed E-state index contributed by atoms with van der Waals surface area (Å²) in [5.41, 5.74) is 13.5. The number of aromatic amines is 1. The molecule has 6 N–H and O–H groups in total. The van der Waals surface area contributed by atoms with Gasteiger partial charge in [0.2, 0.25) is 11.1 Å². The lowest BCUT2D eigenvalue weighted by Gasteiger charge is -2.06. The Hall–Kier alpha value is -2.70. The molecule has 176 valence electrons. The second-order valence-corrected chi connectivity index (χ2v) is 9.92. The Morgan fingerprint density at radius 1 is 1.21 bits per heavy atom. The number of nitrogens with zero attached hydrogens (tertiary/aromatic N) is 3. The maximum atomic E-state index is 12.3. The molecule has 0 aliphatic carbocycles. The van der Waals surface area contributed by atoms with Crippen molar-refractivity contribution in [3.63, 3.8) is 0 Å². The number of aliphatic imine (C=N–C) groups is 1. The van der Waals surface area contributed by atoms with Crippen molar-refractivity contribution < 1.29 is 4.74 Å². The summed E-state index contributed by atoms with van der Waals surface area (Å²) in [6.45, 7) is 0.676. The van der Waals surface area contributed by atoms with Crippen LogP contribution in [0.25, 0.3) is 0 Å². The third kappa shape index (κ3) is 8.63. The van der Waals surface area contributed by atoms with Crippen LogP contribution in [0.5, 0.6) is 5.75 Å². The minimum Gasteiger partial charge on any atom is -0.497 e. The molecule has 0 aliphatic heterocycles. The molecule has 0 amide bonds. The van der Waals surface area contributed by atoms with E-state index in [2.05, 4.69) is 37.4 Å². The number of thioether (sulfide) groups is 2. The molecule has 9 nitrogen and oxygen atoms in total. The van der Waals surface area contributed by atoms with Gasteiger partial charge < -0.3 is 21.5 Å². The van der Waals surface area contributed by atoms with Gasteiger partial charge in [-0.15, -0.1) is 11.3 Å². The average Bonchev–Trinajstić information content (AvgIpc) is 3.24. The summed E-state index contributed by atoms with van der Waals surface area (Å²) < 4.78 is 5.17. The number of rotatable bonds is 13. The highest BCUT2D eigenvalue weighted by Crippen LogP contribution is 2.21. The quantitative estimate of drug-likeness (QED) is 0.156. The van der Waals surface area contributed by atoms with E-state index in [0.29, 0.717) is 29.6 Å². The number of guanidine groups is 1. The van der Waals surface area contributed by atoms with Gasteiger partial charge in [0.15, 0.2) is 5.96 Å². The lowest BCUT2D eigenvalue weighted by molar-refractivity contribution is 0.414. The van der Waals surface area contributed by atoms with Gasteiger partial charge in [0, 0.05) is 40.9 Å². The van der Waals surface area contributed by atoms with Gasteiger partial charge in [0.1, 0.15) is 5.75 Å². The third-order valence-electron chi connectivity index (χ3n) is 4.37. The minimum absolute atomic E-state index is 0.00702. The van der Waals surface area contributed by atoms with Crippen molar-refractivity contribution in [2.24, 2.45) is 16.5 Å². The number of thiazole rings is 1. The van der Waals surface area contributed by atoms with E-state index in [1.54, 1.807) is 36.8 Å². The molecule has 0 unspecified atom stereocenters. The van der Waals surface area contributed by atoms with Crippen LogP contribution in [0, 0.1) is 0 Å². The van der Waals surface area contributed by atoms with Crippen molar-refractivity contribution in [1.29, 1.82) is 0 Å². The maximum Gasteiger partial charge on any atom is 0.255 e. The lowest BCUT2D eigenvalue weighted by Crippen LogP contribution is -2.21. The highest BCUT2D eigenvalue weighted by atomic mass is 32.2. The summed E-state index contributed by atoms with van der Waals surface area (Å²) in [4.78, 5) is 27.8. The van der Waals surface area contributed by atoms with E-state index in [-0.39, 0.29) is 11.5 Å². The smallest absolute Gasteiger partial charge is 0.255 e. The normalized spacial score (nSPS) is 10.7. The number of benzene rings is 1. The molecule has 3 aromatic rings. The van der Waals surface area contributed by atoms with Gasteiger partial charge in [-0.05, 0) is 29.9 Å². The van der Waals surface area contributed by atoms with E-state index in [4.69, 9.17) is 16.2 Å². The molecule has 2 heterocycles. The van der Waals surface area contributed by atoms with E-state index in [0.717, 1.165) is 34.5 Å². The number of aromatic nitrogens is 3. The van der Waals surface area contributed by atoms with Crippen LogP contribution in [0.4, 0.5) is 11.1 Å². The Morgan fingerprint density at radius 2 is 2.00 bits per heavy atom. The van der Waals surface area contributed by atoms with Crippen LogP contribution < -0.4 is 27.1 Å². The number of nitrogens with one attached hydrogen (secondary N) is 2. The van der Waals surface area contributed by atoms with Crippen molar-refractivity contribution >= 4 is 51.9 Å². The largest absolute Gasteiger partial charge is 0.497 e. The van der Waals surface area contributed by atoms with Crippen LogP contribution in [0.2, 0.25) is 0 Å². The molecule has 0 atom stereocenters.